The molecule has 0 atom stereocenters. The predicted molar refractivity (Wildman–Crippen MR) is 405 cm³/mol. The summed E-state index contributed by atoms with van der Waals surface area (Å²) in [6.07, 6.45) is 4.61. The number of nitrogens with zero attached hydrogens (tertiary/aromatic N) is 11. The molecule has 0 spiro atoms. The van der Waals surface area contributed by atoms with Crippen LogP contribution in [-0.4, -0.2) is 59.7 Å². The number of anilines is 6. The second-order valence-corrected chi connectivity index (χ2v) is 17.3. The van der Waals surface area contributed by atoms with Crippen molar-refractivity contribution in [2.24, 2.45) is 0 Å². The molecule has 100 heavy (non-hydrogen) atoms. The molecule has 0 aliphatic rings. The van der Waals surface area contributed by atoms with Crippen LogP contribution in [0, 0.1) is 30.3 Å². The average Bonchev–Trinajstić information content (AvgIpc) is 0.885. The zero-order valence-electron chi connectivity index (χ0n) is 58.3. The highest BCUT2D eigenvalue weighted by Gasteiger charge is 2.21. The van der Waals surface area contributed by atoms with Gasteiger partial charge in [0, 0.05) is 17.1 Å². The van der Waals surface area contributed by atoms with Crippen LogP contribution in [0.5, 0.6) is 40.6 Å². The predicted octanol–water partition coefficient (Wildman–Crippen LogP) is 21.9. The number of halogens is 3. The molecule has 0 aliphatic carbocycles. The van der Waals surface area contributed by atoms with E-state index < -0.39 is 14.8 Å². The van der Waals surface area contributed by atoms with Crippen LogP contribution in [0.3, 0.4) is 0 Å². The minimum atomic E-state index is -0.682. The van der Waals surface area contributed by atoms with Crippen LogP contribution >= 0.6 is 34.8 Å². The van der Waals surface area contributed by atoms with E-state index in [-0.39, 0.29) is 50.5 Å². The topological polar surface area (TPSA) is 357 Å². The molecule has 0 unspecified atom stereocenters. The fourth-order valence-corrected chi connectivity index (χ4v) is 6.62. The Morgan fingerprint density at radius 1 is 0.360 bits per heavy atom. The summed E-state index contributed by atoms with van der Waals surface area (Å²) in [7, 11) is 0. The van der Waals surface area contributed by atoms with Gasteiger partial charge >= 0.3 is 28.8 Å². The number of aromatic nitrogens is 8. The van der Waals surface area contributed by atoms with Gasteiger partial charge in [-0.1, -0.05) is 236 Å². The van der Waals surface area contributed by atoms with Crippen molar-refractivity contribution in [3.05, 3.63) is 283 Å². The highest BCUT2D eigenvalue weighted by atomic mass is 35.5. The Balaban J connectivity index is 0. The summed E-state index contributed by atoms with van der Waals surface area (Å²) < 4.78 is 16.5. The molecule has 7 N–H and O–H groups in total. The maximum Gasteiger partial charge on any atom is 0.349 e. The lowest BCUT2D eigenvalue weighted by atomic mass is 10.3. The number of hydrogen-bond acceptors (Lipinski definition) is 22. The van der Waals surface area contributed by atoms with Gasteiger partial charge in [0.25, 0.3) is 0 Å². The molecule has 0 amide bonds. The van der Waals surface area contributed by atoms with Crippen molar-refractivity contribution in [3.8, 4) is 40.6 Å². The van der Waals surface area contributed by atoms with E-state index in [4.69, 9.17) is 65.6 Å². The first-order valence-corrected chi connectivity index (χ1v) is 32.7. The Kier molecular flexibility index (Phi) is 52.0. The van der Waals surface area contributed by atoms with Gasteiger partial charge in [0.05, 0.1) is 21.0 Å². The second-order valence-electron chi connectivity index (χ2n) is 16.2. The zero-order valence-corrected chi connectivity index (χ0v) is 60.6. The number of nitrogen functional groups attached to an aromatic ring is 2. The van der Waals surface area contributed by atoms with Crippen molar-refractivity contribution in [2.45, 2.75) is 96.9 Å². The van der Waals surface area contributed by atoms with Crippen molar-refractivity contribution >= 4 is 86.5 Å². The molecule has 0 fully saturated rings. The molecule has 11 aromatic rings. The van der Waals surface area contributed by atoms with Crippen molar-refractivity contribution < 1.29 is 34.1 Å². The first-order valence-electron chi connectivity index (χ1n) is 31.6. The number of hydrogen-bond donors (Lipinski definition) is 5. The Labute approximate surface area is 600 Å². The van der Waals surface area contributed by atoms with Crippen molar-refractivity contribution in [1.82, 2.24) is 39.9 Å². The number of phenolic OH excluding ortho intramolecular Hbond substituents is 1. The molecular formula is C72H88Cl3N15O10. The van der Waals surface area contributed by atoms with Gasteiger partial charge in [0.15, 0.2) is 0 Å². The molecule has 0 aliphatic heterocycles. The van der Waals surface area contributed by atoms with E-state index in [0.717, 1.165) is 35.7 Å². The monoisotopic (exact) mass is 1430 g/mol. The van der Waals surface area contributed by atoms with Crippen LogP contribution in [0.4, 0.5) is 51.7 Å². The van der Waals surface area contributed by atoms with Gasteiger partial charge in [-0.2, -0.15) is 19.9 Å². The van der Waals surface area contributed by atoms with Crippen LogP contribution in [0.2, 0.25) is 15.7 Å². The third-order valence-electron chi connectivity index (χ3n) is 10.00. The Bertz CT molecular complexity index is 3850. The van der Waals surface area contributed by atoms with Crippen molar-refractivity contribution in [1.29, 1.82) is 0 Å². The minimum Gasteiger partial charge on any atom is -0.508 e. The molecule has 11 rings (SSSR count). The summed E-state index contributed by atoms with van der Waals surface area (Å²) in [5.74, 6) is 2.57. The Hall–Kier alpha value is -11.7. The SMILES string of the molecule is CC.CC.CC.CC.CC.CC.CC.Nc1ccccc1.Nc1cnc(Nc2ccccc2)nc1Oc1ccccc1.O=[N+]([O-])c1cnc(Cl)nc1Cl.O=[N+]([O-])c1cnc(Cl)nc1Oc1ccccc1.O=[N+]([O-])c1cnc(Nc2ccccc2)nc1Oc1ccccc1.Oc1ccccc1. The number of nitro groups is 3. The van der Waals surface area contributed by atoms with Crippen LogP contribution < -0.4 is 36.3 Å². The number of benzene rings is 7. The first-order chi connectivity index (χ1) is 48.6. The van der Waals surface area contributed by atoms with Crippen LogP contribution in [0.1, 0.15) is 96.9 Å². The number of aromatic hydroxyl groups is 1. The van der Waals surface area contributed by atoms with E-state index in [1.54, 1.807) is 78.9 Å². The largest absolute Gasteiger partial charge is 0.508 e. The van der Waals surface area contributed by atoms with E-state index >= 15 is 0 Å². The smallest absolute Gasteiger partial charge is 0.349 e. The van der Waals surface area contributed by atoms with Crippen molar-refractivity contribution in [3.63, 3.8) is 0 Å². The van der Waals surface area contributed by atoms with Crippen LogP contribution in [0.25, 0.3) is 0 Å². The van der Waals surface area contributed by atoms with Gasteiger partial charge in [-0.05, 0) is 108 Å². The summed E-state index contributed by atoms with van der Waals surface area (Å²) >= 11 is 16.2. The Morgan fingerprint density at radius 2 is 0.640 bits per heavy atom. The van der Waals surface area contributed by atoms with Gasteiger partial charge in [-0.3, -0.25) is 30.3 Å². The van der Waals surface area contributed by atoms with Gasteiger partial charge in [-0.25, -0.2) is 19.9 Å². The number of para-hydroxylation sites is 7. The Morgan fingerprint density at radius 3 is 0.960 bits per heavy atom. The minimum absolute atomic E-state index is 0.110. The fourth-order valence-electron chi connectivity index (χ4n) is 6.12. The second kappa shape index (κ2) is 57.6. The average molecular weight is 1430 g/mol. The van der Waals surface area contributed by atoms with Gasteiger partial charge in [0.1, 0.15) is 47.3 Å². The zero-order chi connectivity index (χ0) is 75.5. The summed E-state index contributed by atoms with van der Waals surface area (Å²) in [4.78, 5) is 60.5. The van der Waals surface area contributed by atoms with Crippen LogP contribution in [0.15, 0.2) is 237 Å². The maximum absolute atomic E-state index is 11.1. The summed E-state index contributed by atoms with van der Waals surface area (Å²) in [5, 5.41) is 46.2. The lowest BCUT2D eigenvalue weighted by Crippen LogP contribution is -2.02. The molecular weight excluding hydrogens is 1340 g/mol. The number of ether oxygens (including phenoxy) is 3. The third-order valence-corrected chi connectivity index (χ3v) is 10.6. The number of nitrogens with one attached hydrogen (secondary N) is 2. The molecule has 0 saturated carbocycles. The lowest BCUT2D eigenvalue weighted by Gasteiger charge is -2.09. The molecule has 4 aromatic heterocycles. The molecule has 0 radical (unpaired) electrons. The molecule has 4 heterocycles. The highest BCUT2D eigenvalue weighted by Crippen LogP contribution is 2.32. The van der Waals surface area contributed by atoms with Crippen LogP contribution in [-0.2, 0) is 0 Å². The van der Waals surface area contributed by atoms with Gasteiger partial charge in [-0.15, -0.1) is 0 Å². The van der Waals surface area contributed by atoms with E-state index in [9.17, 15) is 30.3 Å². The summed E-state index contributed by atoms with van der Waals surface area (Å²) in [5.41, 5.74) is 13.1. The van der Waals surface area contributed by atoms with Gasteiger partial charge < -0.3 is 41.4 Å². The third kappa shape index (κ3) is 38.2. The normalized spacial score (nSPS) is 8.81. The summed E-state index contributed by atoms with van der Waals surface area (Å²) in [6.45, 7) is 28.0. The van der Waals surface area contributed by atoms with E-state index in [1.165, 1.54) is 6.20 Å². The number of nitrogens with two attached hydrogens (primary N) is 2. The fraction of sp³-hybridized carbons (Fsp3) is 0.194. The standard InChI is InChI=1S/C16H12N4O3.C16H14N4O.C10H6ClN3O3.C6H7N.C6H6O.C4HCl2N3O2.7C2H6/c21-20(22)14-11-17-16(18-12-7-3-1-4-8-12)19-15(14)23-13-9-5-2-6-10-13;17-14-11-18-16(19-12-7-3-1-4-8-12)20-15(14)21-13-9-5-2-6-10-13;11-10-12-6-8(14(15)16)9(13-10)17-7-4-2-1-3-5-7;2*7-6-4-2-1-3-5-6;5-3-2(9(10)11)1-7-4(6)8-3;7*1-2/h1-11H,(H,17,18,19);1-11H,17H2,(H,18,19,20);1-6H;1-5H,7H2;1-5,7H;1H;7*1-2H3. The number of phenols is 1. The first kappa shape index (κ1) is 90.4. The van der Waals surface area contributed by atoms with Crippen molar-refractivity contribution in [2.75, 3.05) is 22.1 Å². The molecule has 25 nitrogen and oxygen atoms in total. The summed E-state index contributed by atoms with van der Waals surface area (Å²) in [6, 6.07) is 63.8. The molecule has 7 aromatic carbocycles. The van der Waals surface area contributed by atoms with Gasteiger partial charge in [0.2, 0.25) is 33.5 Å². The maximum atomic E-state index is 11.1. The molecule has 532 valence electrons. The quantitative estimate of drug-likeness (QED) is 0.0235. The molecule has 0 saturated heterocycles. The van der Waals surface area contributed by atoms with E-state index in [1.807, 2.05) is 230 Å². The molecule has 28 heteroatoms. The lowest BCUT2D eigenvalue weighted by molar-refractivity contribution is -0.386. The van der Waals surface area contributed by atoms with E-state index in [0.29, 0.717) is 40.5 Å². The molecule has 0 bridgehead atoms. The number of rotatable bonds is 13. The van der Waals surface area contributed by atoms with E-state index in [2.05, 4.69) is 50.5 Å². The highest BCUT2D eigenvalue weighted by molar-refractivity contribution is 6.33.